The lowest BCUT2D eigenvalue weighted by atomic mass is 10.1. The predicted molar refractivity (Wildman–Crippen MR) is 80.1 cm³/mol. The third-order valence-corrected chi connectivity index (χ3v) is 3.53. The summed E-state index contributed by atoms with van der Waals surface area (Å²) in [6.45, 7) is 0.471. The average molecular weight is 337 g/mol. The van der Waals surface area contributed by atoms with Gasteiger partial charge in [0.2, 0.25) is 0 Å². The summed E-state index contributed by atoms with van der Waals surface area (Å²) in [6.07, 6.45) is -4.78. The molecule has 1 amide bonds. The SMILES string of the molecule is O=C(NCC1COc2ccccc2O1)c1ccc(C(F)(F)F)cc1. The van der Waals surface area contributed by atoms with E-state index in [0.29, 0.717) is 11.5 Å². The number of fused-ring (bicyclic) bond motifs is 1. The van der Waals surface area contributed by atoms with Gasteiger partial charge in [-0.2, -0.15) is 13.2 Å². The van der Waals surface area contributed by atoms with Crippen molar-refractivity contribution in [2.75, 3.05) is 13.2 Å². The van der Waals surface area contributed by atoms with Gasteiger partial charge in [0.1, 0.15) is 12.7 Å². The molecule has 1 unspecified atom stereocenters. The molecule has 1 aliphatic rings. The minimum atomic E-state index is -4.42. The zero-order chi connectivity index (χ0) is 17.2. The van der Waals surface area contributed by atoms with E-state index in [1.165, 1.54) is 0 Å². The Kier molecular flexibility index (Phi) is 4.33. The Morgan fingerprint density at radius 2 is 1.75 bits per heavy atom. The Morgan fingerprint density at radius 3 is 2.42 bits per heavy atom. The molecular formula is C17H14F3NO3. The maximum atomic E-state index is 12.5. The molecule has 1 N–H and O–H groups in total. The van der Waals surface area contributed by atoms with E-state index in [9.17, 15) is 18.0 Å². The molecule has 0 spiro atoms. The highest BCUT2D eigenvalue weighted by atomic mass is 19.4. The Balaban J connectivity index is 1.56. The number of hydrogen-bond acceptors (Lipinski definition) is 3. The summed E-state index contributed by atoms with van der Waals surface area (Å²) < 4.78 is 48.7. The molecule has 2 aromatic carbocycles. The lowest BCUT2D eigenvalue weighted by Gasteiger charge is -2.26. The van der Waals surface area contributed by atoms with Crippen molar-refractivity contribution >= 4 is 5.91 Å². The molecule has 24 heavy (non-hydrogen) atoms. The van der Waals surface area contributed by atoms with Crippen LogP contribution in [0.2, 0.25) is 0 Å². The zero-order valence-electron chi connectivity index (χ0n) is 12.5. The summed E-state index contributed by atoms with van der Waals surface area (Å²) in [6, 6.07) is 11.2. The first-order chi connectivity index (χ1) is 11.4. The van der Waals surface area contributed by atoms with Gasteiger partial charge in [-0.1, -0.05) is 12.1 Å². The van der Waals surface area contributed by atoms with Crippen LogP contribution in [-0.2, 0) is 6.18 Å². The molecule has 0 aliphatic carbocycles. The van der Waals surface area contributed by atoms with E-state index in [0.717, 1.165) is 24.3 Å². The van der Waals surface area contributed by atoms with Crippen LogP contribution in [0, 0.1) is 0 Å². The van der Waals surface area contributed by atoms with Gasteiger partial charge < -0.3 is 14.8 Å². The second-order valence-corrected chi connectivity index (χ2v) is 5.28. The van der Waals surface area contributed by atoms with Crippen molar-refractivity contribution in [1.82, 2.24) is 5.32 Å². The Morgan fingerprint density at radius 1 is 1.08 bits per heavy atom. The number of nitrogens with one attached hydrogen (secondary N) is 1. The summed E-state index contributed by atoms with van der Waals surface area (Å²) in [5, 5.41) is 2.63. The monoisotopic (exact) mass is 337 g/mol. The molecule has 2 aromatic rings. The van der Waals surface area contributed by atoms with Gasteiger partial charge in [0.25, 0.3) is 5.91 Å². The van der Waals surface area contributed by atoms with Crippen LogP contribution in [0.3, 0.4) is 0 Å². The quantitative estimate of drug-likeness (QED) is 0.935. The van der Waals surface area contributed by atoms with Crippen LogP contribution < -0.4 is 14.8 Å². The van der Waals surface area contributed by atoms with E-state index < -0.39 is 17.6 Å². The molecule has 0 aromatic heterocycles. The van der Waals surface area contributed by atoms with Crippen molar-refractivity contribution in [2.45, 2.75) is 12.3 Å². The van der Waals surface area contributed by atoms with E-state index >= 15 is 0 Å². The zero-order valence-corrected chi connectivity index (χ0v) is 12.5. The molecular weight excluding hydrogens is 323 g/mol. The number of ether oxygens (including phenoxy) is 2. The van der Waals surface area contributed by atoms with Crippen LogP contribution in [-0.4, -0.2) is 25.2 Å². The van der Waals surface area contributed by atoms with Crippen molar-refractivity contribution in [3.8, 4) is 11.5 Å². The first-order valence-corrected chi connectivity index (χ1v) is 7.27. The molecule has 0 fully saturated rings. The summed E-state index contributed by atoms with van der Waals surface area (Å²) in [4.78, 5) is 12.0. The van der Waals surface area contributed by atoms with Gasteiger partial charge in [0.15, 0.2) is 11.5 Å². The van der Waals surface area contributed by atoms with Gasteiger partial charge in [-0.15, -0.1) is 0 Å². The normalized spacial score (nSPS) is 16.5. The molecule has 0 radical (unpaired) electrons. The van der Waals surface area contributed by atoms with Gasteiger partial charge in [-0.05, 0) is 36.4 Å². The number of para-hydroxylation sites is 2. The highest BCUT2D eigenvalue weighted by Crippen LogP contribution is 2.31. The second kappa shape index (κ2) is 6.43. The maximum Gasteiger partial charge on any atom is 0.416 e. The molecule has 4 nitrogen and oxygen atoms in total. The highest BCUT2D eigenvalue weighted by molar-refractivity contribution is 5.94. The standard InChI is InChI=1S/C17H14F3NO3/c18-17(19,20)12-7-5-11(6-8-12)16(22)21-9-13-10-23-14-3-1-2-4-15(14)24-13/h1-8,13H,9-10H2,(H,21,22). The van der Waals surface area contributed by atoms with E-state index in [1.807, 2.05) is 12.1 Å². The first kappa shape index (κ1) is 16.2. The molecule has 0 saturated heterocycles. The van der Waals surface area contributed by atoms with Gasteiger partial charge in [0, 0.05) is 5.56 Å². The lowest BCUT2D eigenvalue weighted by Crippen LogP contribution is -2.40. The van der Waals surface area contributed by atoms with Gasteiger partial charge >= 0.3 is 6.18 Å². The smallest absolute Gasteiger partial charge is 0.416 e. The van der Waals surface area contributed by atoms with E-state index in [1.54, 1.807) is 12.1 Å². The Bertz CT molecular complexity index is 729. The van der Waals surface area contributed by atoms with Crippen molar-refractivity contribution in [3.05, 3.63) is 59.7 Å². The first-order valence-electron chi connectivity index (χ1n) is 7.27. The molecule has 0 bridgehead atoms. The van der Waals surface area contributed by atoms with Gasteiger partial charge in [-0.25, -0.2) is 0 Å². The Hall–Kier alpha value is -2.70. The van der Waals surface area contributed by atoms with Crippen LogP contribution in [0.4, 0.5) is 13.2 Å². The summed E-state index contributed by atoms with van der Waals surface area (Å²) in [5.74, 6) is 0.770. The van der Waals surface area contributed by atoms with Gasteiger partial charge in [-0.3, -0.25) is 4.79 Å². The summed E-state index contributed by atoms with van der Waals surface area (Å²) in [5.41, 5.74) is -0.639. The predicted octanol–water partition coefficient (Wildman–Crippen LogP) is 3.28. The number of carbonyl (C=O) groups is 1. The van der Waals surface area contributed by atoms with Gasteiger partial charge in [0.05, 0.1) is 12.1 Å². The molecule has 126 valence electrons. The third kappa shape index (κ3) is 3.61. The minimum Gasteiger partial charge on any atom is -0.486 e. The van der Waals surface area contributed by atoms with E-state index in [-0.39, 0.29) is 24.8 Å². The number of hydrogen-bond donors (Lipinski definition) is 1. The number of carbonyl (C=O) groups excluding carboxylic acids is 1. The number of amides is 1. The molecule has 1 aliphatic heterocycles. The number of halogens is 3. The van der Waals surface area contributed by atoms with E-state index in [2.05, 4.69) is 5.32 Å². The van der Waals surface area contributed by atoms with E-state index in [4.69, 9.17) is 9.47 Å². The number of alkyl halides is 3. The number of benzene rings is 2. The summed E-state index contributed by atoms with van der Waals surface area (Å²) in [7, 11) is 0. The highest BCUT2D eigenvalue weighted by Gasteiger charge is 2.30. The molecule has 7 heteroatoms. The van der Waals surface area contributed by atoms with Crippen molar-refractivity contribution in [2.24, 2.45) is 0 Å². The fourth-order valence-corrected chi connectivity index (χ4v) is 2.28. The fourth-order valence-electron chi connectivity index (χ4n) is 2.28. The largest absolute Gasteiger partial charge is 0.486 e. The fraction of sp³-hybridized carbons (Fsp3) is 0.235. The molecule has 1 atom stereocenters. The van der Waals surface area contributed by atoms with Crippen molar-refractivity contribution < 1.29 is 27.4 Å². The van der Waals surface area contributed by atoms with Crippen LogP contribution in [0.5, 0.6) is 11.5 Å². The average Bonchev–Trinajstić information content (AvgIpc) is 2.59. The van der Waals surface area contributed by atoms with Crippen molar-refractivity contribution in [3.63, 3.8) is 0 Å². The number of rotatable bonds is 3. The molecule has 0 saturated carbocycles. The molecule has 3 rings (SSSR count). The summed E-state index contributed by atoms with van der Waals surface area (Å²) >= 11 is 0. The minimum absolute atomic E-state index is 0.153. The van der Waals surface area contributed by atoms with Crippen LogP contribution >= 0.6 is 0 Å². The lowest BCUT2D eigenvalue weighted by molar-refractivity contribution is -0.137. The van der Waals surface area contributed by atoms with Crippen LogP contribution in [0.25, 0.3) is 0 Å². The maximum absolute atomic E-state index is 12.5. The second-order valence-electron chi connectivity index (χ2n) is 5.28. The van der Waals surface area contributed by atoms with Crippen LogP contribution in [0.15, 0.2) is 48.5 Å². The van der Waals surface area contributed by atoms with Crippen molar-refractivity contribution in [1.29, 1.82) is 0 Å². The third-order valence-electron chi connectivity index (χ3n) is 3.53. The Labute approximate surface area is 136 Å². The molecule has 1 heterocycles. The topological polar surface area (TPSA) is 47.6 Å². The van der Waals surface area contributed by atoms with Crippen LogP contribution in [0.1, 0.15) is 15.9 Å².